The molecule has 1 unspecified atom stereocenters. The molecule has 5 rings (SSSR count). The summed E-state index contributed by atoms with van der Waals surface area (Å²) in [5, 5.41) is 9.01. The highest BCUT2D eigenvalue weighted by Gasteiger charge is 2.20. The zero-order valence-corrected chi connectivity index (χ0v) is 22.4. The maximum atomic E-state index is 12.9. The molecule has 7 heteroatoms. The lowest BCUT2D eigenvalue weighted by Crippen LogP contribution is -2.27. The predicted molar refractivity (Wildman–Crippen MR) is 145 cm³/mol. The van der Waals surface area contributed by atoms with Gasteiger partial charge >= 0.3 is 0 Å². The number of rotatable bonds is 6. The van der Waals surface area contributed by atoms with Crippen LogP contribution in [0, 0.1) is 34.6 Å². The SMILES string of the molecule is Cc1ccc(-n2nc(C)c3c(C)c(CCC(=O)NC(C)c4ccc5c(c4)OCCO5)c(C)nc32)cc1C. The first-order valence-corrected chi connectivity index (χ1v) is 12.8. The quantitative estimate of drug-likeness (QED) is 0.377. The number of fused-ring (bicyclic) bond motifs is 2. The minimum Gasteiger partial charge on any atom is -0.486 e. The van der Waals surface area contributed by atoms with Gasteiger partial charge in [0.1, 0.15) is 13.2 Å². The van der Waals surface area contributed by atoms with E-state index in [1.54, 1.807) is 0 Å². The Morgan fingerprint density at radius 3 is 2.49 bits per heavy atom. The number of nitrogens with one attached hydrogen (secondary N) is 1. The summed E-state index contributed by atoms with van der Waals surface area (Å²) in [5.41, 5.74) is 9.45. The first-order chi connectivity index (χ1) is 17.7. The molecule has 0 saturated carbocycles. The van der Waals surface area contributed by atoms with Crippen molar-refractivity contribution in [1.29, 1.82) is 0 Å². The summed E-state index contributed by atoms with van der Waals surface area (Å²) >= 11 is 0. The van der Waals surface area contributed by atoms with Crippen LogP contribution in [0.3, 0.4) is 0 Å². The molecule has 37 heavy (non-hydrogen) atoms. The van der Waals surface area contributed by atoms with Gasteiger partial charge in [0.2, 0.25) is 5.91 Å². The Kier molecular flexibility index (Phi) is 6.63. The second-order valence-electron chi connectivity index (χ2n) is 9.96. The molecule has 0 fully saturated rings. The molecule has 7 nitrogen and oxygen atoms in total. The fourth-order valence-electron chi connectivity index (χ4n) is 5.08. The minimum absolute atomic E-state index is 0.00355. The molecule has 2 aromatic carbocycles. The number of pyridine rings is 1. The first-order valence-electron chi connectivity index (χ1n) is 12.8. The average Bonchev–Trinajstić information content (AvgIpc) is 3.21. The number of benzene rings is 2. The number of carbonyl (C=O) groups excluding carboxylic acids is 1. The summed E-state index contributed by atoms with van der Waals surface area (Å²) in [6, 6.07) is 12.0. The lowest BCUT2D eigenvalue weighted by atomic mass is 9.99. The van der Waals surface area contributed by atoms with Crippen molar-refractivity contribution in [2.75, 3.05) is 13.2 Å². The monoisotopic (exact) mass is 498 g/mol. The summed E-state index contributed by atoms with van der Waals surface area (Å²) in [7, 11) is 0. The molecule has 3 heterocycles. The van der Waals surface area contributed by atoms with Gasteiger partial charge < -0.3 is 14.8 Å². The van der Waals surface area contributed by atoms with Crippen LogP contribution < -0.4 is 14.8 Å². The van der Waals surface area contributed by atoms with Crippen LogP contribution in [0.4, 0.5) is 0 Å². The molecular formula is C30H34N4O3. The maximum absolute atomic E-state index is 12.9. The van der Waals surface area contributed by atoms with E-state index in [0.717, 1.165) is 56.3 Å². The lowest BCUT2D eigenvalue weighted by Gasteiger charge is -2.21. The highest BCUT2D eigenvalue weighted by Crippen LogP contribution is 2.33. The Labute approximate surface area is 217 Å². The minimum atomic E-state index is -0.135. The van der Waals surface area contributed by atoms with E-state index < -0.39 is 0 Å². The summed E-state index contributed by atoms with van der Waals surface area (Å²) in [6.07, 6.45) is 1.00. The normalized spacial score (nSPS) is 13.6. The molecule has 0 bridgehead atoms. The smallest absolute Gasteiger partial charge is 0.220 e. The summed E-state index contributed by atoms with van der Waals surface area (Å²) < 4.78 is 13.2. The van der Waals surface area contributed by atoms with E-state index in [2.05, 4.69) is 44.3 Å². The molecular weight excluding hydrogens is 464 g/mol. The van der Waals surface area contributed by atoms with Gasteiger partial charge in [0.25, 0.3) is 0 Å². The van der Waals surface area contributed by atoms with Crippen LogP contribution in [-0.4, -0.2) is 33.9 Å². The number of ether oxygens (including phenoxy) is 2. The fraction of sp³-hybridized carbons (Fsp3) is 0.367. The van der Waals surface area contributed by atoms with Crippen LogP contribution in [0.15, 0.2) is 36.4 Å². The largest absolute Gasteiger partial charge is 0.486 e. The third kappa shape index (κ3) is 4.78. The molecule has 192 valence electrons. The van der Waals surface area contributed by atoms with Crippen molar-refractivity contribution >= 4 is 16.9 Å². The van der Waals surface area contributed by atoms with E-state index in [1.807, 2.05) is 43.7 Å². The van der Waals surface area contributed by atoms with Gasteiger partial charge in [-0.15, -0.1) is 0 Å². The summed E-state index contributed by atoms with van der Waals surface area (Å²) in [4.78, 5) is 17.8. The van der Waals surface area contributed by atoms with Gasteiger partial charge in [-0.1, -0.05) is 12.1 Å². The van der Waals surface area contributed by atoms with Crippen molar-refractivity contribution in [3.05, 3.63) is 75.6 Å². The van der Waals surface area contributed by atoms with Gasteiger partial charge in [0.05, 0.1) is 17.4 Å². The Balaban J connectivity index is 1.33. The van der Waals surface area contributed by atoms with E-state index in [4.69, 9.17) is 19.6 Å². The van der Waals surface area contributed by atoms with Crippen LogP contribution in [0.25, 0.3) is 16.7 Å². The molecule has 1 aliphatic heterocycles. The van der Waals surface area contributed by atoms with E-state index in [1.165, 1.54) is 11.1 Å². The highest BCUT2D eigenvalue weighted by atomic mass is 16.6. The van der Waals surface area contributed by atoms with Crippen molar-refractivity contribution in [2.45, 2.75) is 60.4 Å². The Bertz CT molecular complexity index is 1500. The third-order valence-electron chi connectivity index (χ3n) is 7.35. The molecule has 0 saturated heterocycles. The van der Waals surface area contributed by atoms with Crippen molar-refractivity contribution in [3.8, 4) is 17.2 Å². The highest BCUT2D eigenvalue weighted by molar-refractivity contribution is 5.85. The van der Waals surface area contributed by atoms with Gasteiger partial charge in [-0.2, -0.15) is 5.10 Å². The third-order valence-corrected chi connectivity index (χ3v) is 7.35. The van der Waals surface area contributed by atoms with Crippen molar-refractivity contribution in [2.24, 2.45) is 0 Å². The molecule has 0 radical (unpaired) electrons. The van der Waals surface area contributed by atoms with Crippen molar-refractivity contribution < 1.29 is 14.3 Å². The van der Waals surface area contributed by atoms with Crippen LogP contribution in [-0.2, 0) is 11.2 Å². The lowest BCUT2D eigenvalue weighted by molar-refractivity contribution is -0.121. The Morgan fingerprint density at radius 2 is 1.73 bits per heavy atom. The molecule has 1 aliphatic rings. The second-order valence-corrected chi connectivity index (χ2v) is 9.96. The van der Waals surface area contributed by atoms with E-state index in [0.29, 0.717) is 26.1 Å². The number of amides is 1. The molecule has 0 spiro atoms. The van der Waals surface area contributed by atoms with Gasteiger partial charge in [-0.25, -0.2) is 9.67 Å². The average molecular weight is 499 g/mol. The van der Waals surface area contributed by atoms with Crippen LogP contribution in [0.2, 0.25) is 0 Å². The zero-order chi connectivity index (χ0) is 26.3. The summed E-state index contributed by atoms with van der Waals surface area (Å²) in [6.45, 7) is 13.5. The summed E-state index contributed by atoms with van der Waals surface area (Å²) in [5.74, 6) is 1.48. The number of carbonyl (C=O) groups is 1. The molecule has 1 N–H and O–H groups in total. The number of aryl methyl sites for hydroxylation is 5. The molecule has 2 aromatic heterocycles. The topological polar surface area (TPSA) is 78.3 Å². The van der Waals surface area contributed by atoms with Crippen LogP contribution in [0.5, 0.6) is 11.5 Å². The number of aromatic nitrogens is 3. The van der Waals surface area contributed by atoms with Gasteiger partial charge in [-0.05, 0) is 100 Å². The first kappa shape index (κ1) is 24.8. The van der Waals surface area contributed by atoms with E-state index >= 15 is 0 Å². The van der Waals surface area contributed by atoms with Crippen molar-refractivity contribution in [3.63, 3.8) is 0 Å². The number of hydrogen-bond acceptors (Lipinski definition) is 5. The van der Waals surface area contributed by atoms with Crippen LogP contribution in [0.1, 0.15) is 58.6 Å². The molecule has 4 aromatic rings. The second kappa shape index (κ2) is 9.88. The predicted octanol–water partition coefficient (Wildman–Crippen LogP) is 5.54. The number of hydrogen-bond donors (Lipinski definition) is 1. The van der Waals surface area contributed by atoms with Crippen LogP contribution >= 0.6 is 0 Å². The Hall–Kier alpha value is -3.87. The van der Waals surface area contributed by atoms with E-state index in [9.17, 15) is 4.79 Å². The fourth-order valence-corrected chi connectivity index (χ4v) is 5.08. The van der Waals surface area contributed by atoms with Crippen molar-refractivity contribution in [1.82, 2.24) is 20.1 Å². The molecule has 0 aliphatic carbocycles. The van der Waals surface area contributed by atoms with E-state index in [-0.39, 0.29) is 11.9 Å². The maximum Gasteiger partial charge on any atom is 0.220 e. The number of nitrogens with zero attached hydrogens (tertiary/aromatic N) is 3. The standard InChI is InChI=1S/C30H34N4O3/c1-17-7-9-24(15-18(17)2)34-30-29(22(6)33-34)19(3)25(21(5)32-30)10-12-28(35)31-20(4)23-8-11-26-27(16-23)37-14-13-36-26/h7-9,11,15-16,20H,10,12-14H2,1-6H3,(H,31,35). The zero-order valence-electron chi connectivity index (χ0n) is 22.4. The molecule has 1 amide bonds. The van der Waals surface area contributed by atoms with Gasteiger partial charge in [0, 0.05) is 17.5 Å². The Morgan fingerprint density at radius 1 is 0.973 bits per heavy atom. The van der Waals surface area contributed by atoms with Gasteiger partial charge in [0.15, 0.2) is 17.1 Å². The van der Waals surface area contributed by atoms with Gasteiger partial charge in [-0.3, -0.25) is 4.79 Å². The molecule has 1 atom stereocenters.